The van der Waals surface area contributed by atoms with Crippen LogP contribution in [0.5, 0.6) is 11.5 Å². The first kappa shape index (κ1) is 19.1. The minimum absolute atomic E-state index is 0.0469. The van der Waals surface area contributed by atoms with Crippen LogP contribution in [0.15, 0.2) is 36.7 Å². The van der Waals surface area contributed by atoms with Crippen molar-refractivity contribution >= 4 is 28.2 Å². The van der Waals surface area contributed by atoms with Crippen molar-refractivity contribution in [1.29, 1.82) is 0 Å². The molecule has 1 aliphatic carbocycles. The SMILES string of the molecule is COc1cc2ncnc(Nc3cccc(C)c3F)c2cc1OC1CCC(=O)CC1. The van der Waals surface area contributed by atoms with Gasteiger partial charge in [0.05, 0.1) is 24.4 Å². The van der Waals surface area contributed by atoms with Crippen LogP contribution in [0.4, 0.5) is 15.9 Å². The van der Waals surface area contributed by atoms with Gasteiger partial charge < -0.3 is 14.8 Å². The van der Waals surface area contributed by atoms with Crippen molar-refractivity contribution in [2.24, 2.45) is 0 Å². The van der Waals surface area contributed by atoms with Crippen LogP contribution in [0.3, 0.4) is 0 Å². The summed E-state index contributed by atoms with van der Waals surface area (Å²) >= 11 is 0. The first-order valence-corrected chi connectivity index (χ1v) is 9.58. The lowest BCUT2D eigenvalue weighted by molar-refractivity contribution is -0.121. The molecule has 29 heavy (non-hydrogen) atoms. The second-order valence-electron chi connectivity index (χ2n) is 7.16. The number of benzene rings is 2. The molecule has 0 bridgehead atoms. The molecule has 1 fully saturated rings. The summed E-state index contributed by atoms with van der Waals surface area (Å²) in [6.07, 6.45) is 3.81. The lowest BCUT2D eigenvalue weighted by atomic mass is 9.96. The average molecular weight is 395 g/mol. The van der Waals surface area contributed by atoms with Crippen molar-refractivity contribution in [3.05, 3.63) is 48.0 Å². The number of methoxy groups -OCH3 is 1. The van der Waals surface area contributed by atoms with Gasteiger partial charge in [-0.3, -0.25) is 4.79 Å². The molecule has 7 heteroatoms. The van der Waals surface area contributed by atoms with Crippen LogP contribution < -0.4 is 14.8 Å². The standard InChI is InChI=1S/C22H22FN3O3/c1-13-4-3-5-17(21(13)23)26-22-16-10-20(29-15-8-6-14(27)7-9-15)19(28-2)11-18(16)24-12-25-22/h3-5,10-12,15H,6-9H2,1-2H3,(H,24,25,26). The van der Waals surface area contributed by atoms with Crippen molar-refractivity contribution in [3.8, 4) is 11.5 Å². The monoisotopic (exact) mass is 395 g/mol. The molecule has 4 rings (SSSR count). The predicted molar refractivity (Wildman–Crippen MR) is 108 cm³/mol. The summed E-state index contributed by atoms with van der Waals surface area (Å²) < 4.78 is 26.1. The fourth-order valence-corrected chi connectivity index (χ4v) is 3.50. The number of nitrogens with one attached hydrogen (secondary N) is 1. The lowest BCUT2D eigenvalue weighted by Crippen LogP contribution is -2.24. The fourth-order valence-electron chi connectivity index (χ4n) is 3.50. The number of ketones is 1. The minimum atomic E-state index is -0.323. The van der Waals surface area contributed by atoms with Crippen molar-refractivity contribution in [3.63, 3.8) is 0 Å². The van der Waals surface area contributed by atoms with Gasteiger partial charge in [-0.2, -0.15) is 0 Å². The van der Waals surface area contributed by atoms with Gasteiger partial charge in [0, 0.05) is 24.3 Å². The van der Waals surface area contributed by atoms with Gasteiger partial charge in [0.25, 0.3) is 0 Å². The van der Waals surface area contributed by atoms with Crippen LogP contribution in [-0.4, -0.2) is 29.0 Å². The summed E-state index contributed by atoms with van der Waals surface area (Å²) in [5.41, 5.74) is 1.54. The molecule has 1 N–H and O–H groups in total. The van der Waals surface area contributed by atoms with Crippen LogP contribution in [-0.2, 0) is 4.79 Å². The van der Waals surface area contributed by atoms with E-state index in [0.717, 1.165) is 0 Å². The Kier molecular flexibility index (Phi) is 5.29. The zero-order chi connectivity index (χ0) is 20.4. The Morgan fingerprint density at radius 2 is 1.93 bits per heavy atom. The molecule has 1 saturated carbocycles. The first-order valence-electron chi connectivity index (χ1n) is 9.58. The highest BCUT2D eigenvalue weighted by atomic mass is 19.1. The largest absolute Gasteiger partial charge is 0.493 e. The molecular formula is C22H22FN3O3. The van der Waals surface area contributed by atoms with E-state index in [2.05, 4.69) is 15.3 Å². The Labute approximate surface area is 168 Å². The lowest BCUT2D eigenvalue weighted by Gasteiger charge is -2.23. The number of Topliss-reactive ketones (excluding diaryl/α,β-unsaturated/α-hetero) is 1. The Balaban J connectivity index is 1.70. The van der Waals surface area contributed by atoms with E-state index >= 15 is 0 Å². The van der Waals surface area contributed by atoms with E-state index in [1.54, 1.807) is 44.4 Å². The topological polar surface area (TPSA) is 73.3 Å². The Bertz CT molecular complexity index is 1060. The minimum Gasteiger partial charge on any atom is -0.493 e. The van der Waals surface area contributed by atoms with Gasteiger partial charge in [-0.1, -0.05) is 12.1 Å². The zero-order valence-corrected chi connectivity index (χ0v) is 16.4. The second kappa shape index (κ2) is 8.03. The van der Waals surface area contributed by atoms with E-state index in [1.807, 2.05) is 0 Å². The zero-order valence-electron chi connectivity index (χ0n) is 16.4. The molecule has 0 atom stereocenters. The Morgan fingerprint density at radius 3 is 2.69 bits per heavy atom. The summed E-state index contributed by atoms with van der Waals surface area (Å²) in [6.45, 7) is 1.71. The maximum atomic E-state index is 14.4. The number of halogens is 1. The fraction of sp³-hybridized carbons (Fsp3) is 0.318. The number of carbonyl (C=O) groups excluding carboxylic acids is 1. The van der Waals surface area contributed by atoms with Crippen molar-refractivity contribution in [2.45, 2.75) is 38.7 Å². The van der Waals surface area contributed by atoms with Crippen LogP contribution in [0.25, 0.3) is 10.9 Å². The molecule has 0 unspecified atom stereocenters. The van der Waals surface area contributed by atoms with Gasteiger partial charge in [-0.15, -0.1) is 0 Å². The van der Waals surface area contributed by atoms with Gasteiger partial charge in [0.1, 0.15) is 23.7 Å². The number of hydrogen-bond acceptors (Lipinski definition) is 6. The molecule has 1 aromatic heterocycles. The summed E-state index contributed by atoms with van der Waals surface area (Å²) in [6, 6.07) is 8.74. The summed E-state index contributed by atoms with van der Waals surface area (Å²) in [5.74, 6) is 1.54. The van der Waals surface area contributed by atoms with Crippen molar-refractivity contribution in [1.82, 2.24) is 9.97 Å². The molecule has 0 saturated heterocycles. The van der Waals surface area contributed by atoms with Gasteiger partial charge in [0.15, 0.2) is 11.5 Å². The number of aromatic nitrogens is 2. The number of anilines is 2. The van der Waals surface area contributed by atoms with Crippen LogP contribution in [0, 0.1) is 12.7 Å². The molecule has 0 aliphatic heterocycles. The van der Waals surface area contributed by atoms with E-state index in [0.29, 0.717) is 65.2 Å². The molecule has 6 nitrogen and oxygen atoms in total. The molecule has 3 aromatic rings. The molecule has 0 amide bonds. The van der Waals surface area contributed by atoms with E-state index in [9.17, 15) is 9.18 Å². The highest BCUT2D eigenvalue weighted by Crippen LogP contribution is 2.36. The van der Waals surface area contributed by atoms with E-state index < -0.39 is 0 Å². The number of fused-ring (bicyclic) bond motifs is 1. The number of nitrogens with zero attached hydrogens (tertiary/aromatic N) is 2. The molecule has 2 aromatic carbocycles. The van der Waals surface area contributed by atoms with Crippen LogP contribution in [0.1, 0.15) is 31.2 Å². The third-order valence-electron chi connectivity index (χ3n) is 5.15. The first-order chi connectivity index (χ1) is 14.0. The number of ether oxygens (including phenoxy) is 2. The molecule has 1 aliphatic rings. The third-order valence-corrected chi connectivity index (χ3v) is 5.15. The summed E-state index contributed by atoms with van der Waals surface area (Å²) in [7, 11) is 1.57. The normalized spacial score (nSPS) is 14.8. The van der Waals surface area contributed by atoms with Gasteiger partial charge in [0.2, 0.25) is 0 Å². The molecule has 0 spiro atoms. The quantitative estimate of drug-likeness (QED) is 0.674. The maximum absolute atomic E-state index is 14.4. The van der Waals surface area contributed by atoms with Crippen LogP contribution >= 0.6 is 0 Å². The van der Waals surface area contributed by atoms with E-state index in [-0.39, 0.29) is 17.7 Å². The third kappa shape index (κ3) is 3.99. The maximum Gasteiger partial charge on any atom is 0.162 e. The van der Waals surface area contributed by atoms with E-state index in [4.69, 9.17) is 9.47 Å². The molecular weight excluding hydrogens is 373 g/mol. The number of rotatable bonds is 5. The van der Waals surface area contributed by atoms with E-state index in [1.165, 1.54) is 6.33 Å². The molecule has 0 radical (unpaired) electrons. The highest BCUT2D eigenvalue weighted by Gasteiger charge is 2.22. The second-order valence-corrected chi connectivity index (χ2v) is 7.16. The van der Waals surface area contributed by atoms with Gasteiger partial charge in [-0.05, 0) is 37.5 Å². The van der Waals surface area contributed by atoms with Crippen molar-refractivity contribution < 1.29 is 18.7 Å². The van der Waals surface area contributed by atoms with Gasteiger partial charge >= 0.3 is 0 Å². The number of hydrogen-bond donors (Lipinski definition) is 1. The van der Waals surface area contributed by atoms with Gasteiger partial charge in [-0.25, -0.2) is 14.4 Å². The summed E-state index contributed by atoms with van der Waals surface area (Å²) in [4.78, 5) is 20.1. The molecule has 1 heterocycles. The molecule has 150 valence electrons. The highest BCUT2D eigenvalue weighted by molar-refractivity contribution is 5.93. The number of carbonyl (C=O) groups is 1. The smallest absolute Gasteiger partial charge is 0.162 e. The van der Waals surface area contributed by atoms with Crippen molar-refractivity contribution in [2.75, 3.05) is 12.4 Å². The predicted octanol–water partition coefficient (Wildman–Crippen LogP) is 4.72. The number of aryl methyl sites for hydroxylation is 1. The Morgan fingerprint density at radius 1 is 1.14 bits per heavy atom. The summed E-state index contributed by atoms with van der Waals surface area (Å²) in [5, 5.41) is 3.75. The average Bonchev–Trinajstić information content (AvgIpc) is 2.73. The van der Waals surface area contributed by atoms with Crippen LogP contribution in [0.2, 0.25) is 0 Å². The Hall–Kier alpha value is -3.22.